The first kappa shape index (κ1) is 29.5. The van der Waals surface area contributed by atoms with Gasteiger partial charge in [-0.25, -0.2) is 4.79 Å². The van der Waals surface area contributed by atoms with E-state index in [-0.39, 0.29) is 47.3 Å². The number of aryl methyl sites for hydroxylation is 1. The minimum atomic E-state index is -0.217. The number of thioether (sulfide) groups is 1. The van der Waals surface area contributed by atoms with E-state index in [0.717, 1.165) is 54.9 Å². The molecule has 0 spiro atoms. The van der Waals surface area contributed by atoms with Crippen LogP contribution >= 0.6 is 11.8 Å². The Balaban J connectivity index is 1.16. The summed E-state index contributed by atoms with van der Waals surface area (Å²) in [6, 6.07) is 15.2. The Labute approximate surface area is 257 Å². The molecule has 2 saturated heterocycles. The van der Waals surface area contributed by atoms with Crippen LogP contribution in [-0.4, -0.2) is 73.4 Å². The monoisotopic (exact) mass is 604 g/mol. The van der Waals surface area contributed by atoms with E-state index in [1.807, 2.05) is 79.3 Å². The first-order chi connectivity index (χ1) is 20.8. The molecule has 1 saturated carbocycles. The van der Waals surface area contributed by atoms with Crippen molar-refractivity contribution in [2.75, 3.05) is 32.1 Å². The molecule has 0 radical (unpaired) electrons. The zero-order valence-corrected chi connectivity index (χ0v) is 25.7. The maximum atomic E-state index is 13.7. The number of hydrogen-bond acceptors (Lipinski definition) is 7. The van der Waals surface area contributed by atoms with Crippen LogP contribution in [0.3, 0.4) is 0 Å². The molecule has 1 aliphatic carbocycles. The smallest absolute Gasteiger partial charge is 0.326 e. The van der Waals surface area contributed by atoms with Gasteiger partial charge in [-0.15, -0.1) is 0 Å². The van der Waals surface area contributed by atoms with Crippen LogP contribution in [0.4, 0.5) is 10.5 Å². The van der Waals surface area contributed by atoms with Gasteiger partial charge in [-0.2, -0.15) is 0 Å². The number of likely N-dealkylation sites (N-methyl/N-ethyl adjacent to an activating group) is 1. The molecule has 2 aromatic rings. The van der Waals surface area contributed by atoms with Gasteiger partial charge >= 0.3 is 6.03 Å². The fourth-order valence-electron chi connectivity index (χ4n) is 6.75. The molecule has 4 aliphatic rings. The van der Waals surface area contributed by atoms with Crippen LogP contribution in [-0.2, 0) is 9.59 Å². The molecule has 2 aromatic carbocycles. The van der Waals surface area contributed by atoms with E-state index in [1.54, 1.807) is 0 Å². The summed E-state index contributed by atoms with van der Waals surface area (Å²) in [5.74, 6) is 1.30. The largest absolute Gasteiger partial charge is 0.457 e. The number of nitrogens with zero attached hydrogens (tertiary/aromatic N) is 2. The van der Waals surface area contributed by atoms with Crippen LogP contribution in [0, 0.1) is 12.8 Å². The van der Waals surface area contributed by atoms with Gasteiger partial charge in [0, 0.05) is 29.4 Å². The van der Waals surface area contributed by atoms with Crippen LogP contribution < -0.4 is 30.9 Å². The number of urea groups is 1. The lowest BCUT2D eigenvalue weighted by atomic mass is 9.86. The molecule has 4 amide bonds. The SMILES string of the molecule is Cc1cc(Oc2ccccc2)ccc1N1C(=O)NC2=C(C(=O)N[C@H]3CCC[C@H](NC(=O)CN(C)C)C3)SC3NCCC1C23. The molecule has 3 unspecified atom stereocenters. The zero-order valence-electron chi connectivity index (χ0n) is 24.9. The van der Waals surface area contributed by atoms with Crippen LogP contribution in [0.15, 0.2) is 59.1 Å². The van der Waals surface area contributed by atoms with Crippen molar-refractivity contribution >= 4 is 35.3 Å². The summed E-state index contributed by atoms with van der Waals surface area (Å²) in [7, 11) is 3.74. The number of ether oxygens (including phenoxy) is 1. The predicted octanol–water partition coefficient (Wildman–Crippen LogP) is 3.68. The van der Waals surface area contributed by atoms with E-state index in [0.29, 0.717) is 23.6 Å². The standard InChI is InChI=1S/C32H40N6O4S/c1-19-16-23(42-22-10-5-4-6-11-22)12-13-24(19)38-25-14-15-33-31-27(25)28(36-32(38)41)29(43-31)30(40)35-21-9-7-8-20(17-21)34-26(39)18-37(2)3/h4-6,10-13,16,20-21,25,27,31,33H,7-9,14-15,17-18H2,1-3H3,(H,34,39)(H,35,40)(H,36,41)/t20-,21-,25?,27?,31?/m0/s1. The van der Waals surface area contributed by atoms with Crippen molar-refractivity contribution in [1.29, 1.82) is 0 Å². The van der Waals surface area contributed by atoms with E-state index in [4.69, 9.17) is 4.74 Å². The Hall–Kier alpha value is -3.54. The van der Waals surface area contributed by atoms with Gasteiger partial charge in [0.1, 0.15) is 11.5 Å². The molecule has 43 heavy (non-hydrogen) atoms. The third-order valence-corrected chi connectivity index (χ3v) is 9.94. The summed E-state index contributed by atoms with van der Waals surface area (Å²) < 4.78 is 6.02. The molecule has 0 bridgehead atoms. The molecule has 228 valence electrons. The van der Waals surface area contributed by atoms with Crippen molar-refractivity contribution in [2.45, 2.75) is 62.5 Å². The van der Waals surface area contributed by atoms with Gasteiger partial charge < -0.3 is 30.9 Å². The molecule has 4 N–H and O–H groups in total. The number of carbonyl (C=O) groups excluding carboxylic acids is 3. The summed E-state index contributed by atoms with van der Waals surface area (Å²) in [4.78, 5) is 43.9. The highest BCUT2D eigenvalue weighted by Gasteiger charge is 2.52. The molecule has 3 heterocycles. The summed E-state index contributed by atoms with van der Waals surface area (Å²) in [6.07, 6.45) is 4.21. The maximum absolute atomic E-state index is 13.7. The Morgan fingerprint density at radius 2 is 1.81 bits per heavy atom. The third-order valence-electron chi connectivity index (χ3n) is 8.59. The quantitative estimate of drug-likeness (QED) is 0.364. The lowest BCUT2D eigenvalue weighted by molar-refractivity contribution is -0.122. The Morgan fingerprint density at radius 1 is 1.05 bits per heavy atom. The molecular formula is C32H40N6O4S. The maximum Gasteiger partial charge on any atom is 0.326 e. The zero-order chi connectivity index (χ0) is 30.1. The minimum absolute atomic E-state index is 0.00233. The highest BCUT2D eigenvalue weighted by molar-refractivity contribution is 8.04. The van der Waals surface area contributed by atoms with E-state index in [2.05, 4.69) is 21.3 Å². The summed E-state index contributed by atoms with van der Waals surface area (Å²) >= 11 is 1.51. The average molecular weight is 605 g/mol. The second-order valence-corrected chi connectivity index (χ2v) is 13.3. The molecule has 5 atom stereocenters. The Kier molecular flexibility index (Phi) is 8.65. The minimum Gasteiger partial charge on any atom is -0.457 e. The number of amides is 4. The van der Waals surface area contributed by atoms with Crippen LogP contribution in [0.5, 0.6) is 11.5 Å². The van der Waals surface area contributed by atoms with E-state index < -0.39 is 0 Å². The van der Waals surface area contributed by atoms with Crippen LogP contribution in [0.25, 0.3) is 0 Å². The highest BCUT2D eigenvalue weighted by atomic mass is 32.2. The van der Waals surface area contributed by atoms with Gasteiger partial charge in [-0.05, 0) is 95.6 Å². The molecule has 3 fully saturated rings. The summed E-state index contributed by atoms with van der Waals surface area (Å²) in [6.45, 7) is 3.10. The number of rotatable bonds is 8. The van der Waals surface area contributed by atoms with Crippen molar-refractivity contribution in [2.24, 2.45) is 5.92 Å². The highest BCUT2D eigenvalue weighted by Crippen LogP contribution is 2.48. The van der Waals surface area contributed by atoms with Gasteiger partial charge in [-0.1, -0.05) is 30.0 Å². The third kappa shape index (κ3) is 6.39. The Morgan fingerprint density at radius 3 is 2.56 bits per heavy atom. The normalized spacial score (nSPS) is 26.6. The van der Waals surface area contributed by atoms with E-state index in [9.17, 15) is 14.4 Å². The number of hydrogen-bond donors (Lipinski definition) is 4. The molecular weight excluding hydrogens is 564 g/mol. The second-order valence-electron chi connectivity index (χ2n) is 12.1. The van der Waals surface area contributed by atoms with Crippen molar-refractivity contribution in [3.63, 3.8) is 0 Å². The van der Waals surface area contributed by atoms with E-state index in [1.165, 1.54) is 11.8 Å². The second kappa shape index (κ2) is 12.6. The average Bonchev–Trinajstić information content (AvgIpc) is 3.34. The Bertz CT molecular complexity index is 1420. The predicted molar refractivity (Wildman–Crippen MR) is 168 cm³/mol. The fraction of sp³-hybridized carbons (Fsp3) is 0.469. The van der Waals surface area contributed by atoms with E-state index >= 15 is 0 Å². The topological polar surface area (TPSA) is 115 Å². The molecule has 11 heteroatoms. The van der Waals surface area contributed by atoms with Crippen molar-refractivity contribution in [1.82, 2.24) is 26.2 Å². The molecule has 3 aliphatic heterocycles. The molecule has 0 aromatic heterocycles. The number of nitrogens with one attached hydrogen (secondary N) is 4. The molecule has 10 nitrogen and oxygen atoms in total. The van der Waals surface area contributed by atoms with Crippen LogP contribution in [0.1, 0.15) is 37.7 Å². The summed E-state index contributed by atoms with van der Waals surface area (Å²) in [5, 5.41) is 13.0. The van der Waals surface area contributed by atoms with Gasteiger partial charge in [0.05, 0.1) is 22.9 Å². The first-order valence-electron chi connectivity index (χ1n) is 15.1. The van der Waals surface area contributed by atoms with Gasteiger partial charge in [-0.3, -0.25) is 14.5 Å². The van der Waals surface area contributed by atoms with Crippen molar-refractivity contribution < 1.29 is 19.1 Å². The number of benzene rings is 2. The number of piperidine rings is 1. The number of anilines is 1. The van der Waals surface area contributed by atoms with Gasteiger partial charge in [0.15, 0.2) is 0 Å². The van der Waals surface area contributed by atoms with Gasteiger partial charge in [0.25, 0.3) is 5.91 Å². The van der Waals surface area contributed by atoms with Gasteiger partial charge in [0.2, 0.25) is 5.91 Å². The van der Waals surface area contributed by atoms with Crippen LogP contribution in [0.2, 0.25) is 0 Å². The van der Waals surface area contributed by atoms with Crippen molar-refractivity contribution in [3.05, 3.63) is 64.7 Å². The first-order valence-corrected chi connectivity index (χ1v) is 16.0. The van der Waals surface area contributed by atoms with Crippen molar-refractivity contribution in [3.8, 4) is 11.5 Å². The number of para-hydroxylation sites is 1. The molecule has 6 rings (SSSR count). The lowest BCUT2D eigenvalue weighted by Gasteiger charge is -2.46. The fourth-order valence-corrected chi connectivity index (χ4v) is 8.15. The number of carbonyl (C=O) groups is 3. The lowest BCUT2D eigenvalue weighted by Crippen LogP contribution is -2.62. The summed E-state index contributed by atoms with van der Waals surface area (Å²) in [5.41, 5.74) is 2.51.